The Balaban J connectivity index is 1.40. The summed E-state index contributed by atoms with van der Waals surface area (Å²) < 4.78 is 0. The zero-order valence-corrected chi connectivity index (χ0v) is 16.6. The smallest absolute Gasteiger partial charge is 0.254 e. The number of piperazine rings is 1. The van der Waals surface area contributed by atoms with E-state index in [-0.39, 0.29) is 5.91 Å². The first kappa shape index (κ1) is 18.2. The van der Waals surface area contributed by atoms with Crippen molar-refractivity contribution in [1.82, 2.24) is 15.1 Å². The molecule has 1 saturated heterocycles. The summed E-state index contributed by atoms with van der Waals surface area (Å²) in [6, 6.07) is 12.9. The van der Waals surface area contributed by atoms with Crippen molar-refractivity contribution in [2.45, 2.75) is 0 Å². The van der Waals surface area contributed by atoms with Crippen molar-refractivity contribution >= 4 is 46.3 Å². The highest BCUT2D eigenvalue weighted by molar-refractivity contribution is 7.13. The number of hydrogen-bond donors (Lipinski definition) is 0. The zero-order chi connectivity index (χ0) is 18.8. The molecule has 1 amide bonds. The Morgan fingerprint density at radius 3 is 2.30 bits per heavy atom. The lowest BCUT2D eigenvalue weighted by molar-refractivity contribution is 0.0746. The second kappa shape index (κ2) is 7.84. The lowest BCUT2D eigenvalue weighted by atomic mass is 10.2. The van der Waals surface area contributed by atoms with Crippen LogP contribution < -0.4 is 4.90 Å². The van der Waals surface area contributed by atoms with Crippen molar-refractivity contribution in [1.29, 1.82) is 0 Å². The van der Waals surface area contributed by atoms with Crippen LogP contribution in [-0.2, 0) is 0 Å². The molecular weight excluding hydrogens is 403 g/mol. The number of nitrogens with zero attached hydrogens (tertiary/aromatic N) is 4. The largest absolute Gasteiger partial charge is 0.352 e. The molecule has 5 nitrogen and oxygen atoms in total. The molecule has 1 aliphatic heterocycles. The maximum atomic E-state index is 12.7. The molecule has 0 radical (unpaired) electrons. The molecule has 0 saturated carbocycles. The fourth-order valence-electron chi connectivity index (χ4n) is 3.05. The molecule has 0 N–H and O–H groups in total. The van der Waals surface area contributed by atoms with Crippen molar-refractivity contribution in [3.05, 3.63) is 63.5 Å². The van der Waals surface area contributed by atoms with E-state index in [2.05, 4.69) is 15.1 Å². The summed E-state index contributed by atoms with van der Waals surface area (Å²) >= 11 is 13.7. The summed E-state index contributed by atoms with van der Waals surface area (Å²) in [5, 5.41) is 11.6. The predicted molar refractivity (Wildman–Crippen MR) is 110 cm³/mol. The number of benzene rings is 1. The SMILES string of the molecule is O=C(c1cc(Cl)cc(Cl)c1)N1CCN(c2ccc(-c3cccs3)nn2)CC1. The Kier molecular flexibility index (Phi) is 5.29. The van der Waals surface area contributed by atoms with E-state index >= 15 is 0 Å². The first-order valence-corrected chi connectivity index (χ1v) is 10.1. The third-order valence-electron chi connectivity index (χ3n) is 4.42. The van der Waals surface area contributed by atoms with E-state index in [0.29, 0.717) is 41.8 Å². The first-order chi connectivity index (χ1) is 13.1. The quantitative estimate of drug-likeness (QED) is 0.629. The average Bonchev–Trinajstić information content (AvgIpc) is 3.22. The Morgan fingerprint density at radius 2 is 1.70 bits per heavy atom. The summed E-state index contributed by atoms with van der Waals surface area (Å²) in [6.45, 7) is 2.62. The van der Waals surface area contributed by atoms with Gasteiger partial charge in [-0.2, -0.15) is 0 Å². The Morgan fingerprint density at radius 1 is 0.963 bits per heavy atom. The van der Waals surface area contributed by atoms with E-state index in [1.54, 1.807) is 29.5 Å². The molecule has 3 aromatic rings. The molecule has 0 atom stereocenters. The van der Waals surface area contributed by atoms with Crippen LogP contribution in [0.2, 0.25) is 10.0 Å². The molecular formula is C19H16Cl2N4OS. The van der Waals surface area contributed by atoms with Gasteiger partial charge >= 0.3 is 0 Å². The minimum absolute atomic E-state index is 0.0572. The van der Waals surface area contributed by atoms with Crippen LogP contribution in [0, 0.1) is 0 Å². The van der Waals surface area contributed by atoms with E-state index in [1.807, 2.05) is 34.5 Å². The highest BCUT2D eigenvalue weighted by Gasteiger charge is 2.23. The molecule has 2 aromatic heterocycles. The van der Waals surface area contributed by atoms with Gasteiger partial charge in [0.2, 0.25) is 0 Å². The number of aromatic nitrogens is 2. The van der Waals surface area contributed by atoms with Gasteiger partial charge in [-0.05, 0) is 41.8 Å². The van der Waals surface area contributed by atoms with Crippen LogP contribution in [0.25, 0.3) is 10.6 Å². The summed E-state index contributed by atoms with van der Waals surface area (Å²) in [4.78, 5) is 17.7. The van der Waals surface area contributed by atoms with Gasteiger partial charge in [-0.25, -0.2) is 0 Å². The van der Waals surface area contributed by atoms with E-state index in [1.165, 1.54) is 0 Å². The Labute approximate surface area is 171 Å². The van der Waals surface area contributed by atoms with Gasteiger partial charge in [-0.1, -0.05) is 29.3 Å². The highest BCUT2D eigenvalue weighted by Crippen LogP contribution is 2.24. The molecule has 1 aromatic carbocycles. The maximum absolute atomic E-state index is 12.7. The van der Waals surface area contributed by atoms with Gasteiger partial charge in [0.25, 0.3) is 5.91 Å². The van der Waals surface area contributed by atoms with E-state index in [0.717, 1.165) is 16.4 Å². The number of amides is 1. The lowest BCUT2D eigenvalue weighted by Crippen LogP contribution is -2.49. The number of rotatable bonds is 3. The van der Waals surface area contributed by atoms with Crippen LogP contribution in [0.5, 0.6) is 0 Å². The van der Waals surface area contributed by atoms with Gasteiger partial charge < -0.3 is 9.80 Å². The fourth-order valence-corrected chi connectivity index (χ4v) is 4.26. The number of carbonyl (C=O) groups excluding carboxylic acids is 1. The third kappa shape index (κ3) is 4.08. The lowest BCUT2D eigenvalue weighted by Gasteiger charge is -2.35. The average molecular weight is 419 g/mol. The predicted octanol–water partition coefficient (Wildman–Crippen LogP) is 4.47. The van der Waals surface area contributed by atoms with Gasteiger partial charge in [0, 0.05) is 41.8 Å². The molecule has 0 spiro atoms. The molecule has 1 fully saturated rings. The third-order valence-corrected chi connectivity index (χ3v) is 5.75. The number of anilines is 1. The minimum Gasteiger partial charge on any atom is -0.352 e. The molecule has 138 valence electrons. The Bertz CT molecular complexity index is 919. The van der Waals surface area contributed by atoms with Crippen LogP contribution in [0.15, 0.2) is 47.8 Å². The van der Waals surface area contributed by atoms with Crippen LogP contribution in [0.1, 0.15) is 10.4 Å². The van der Waals surface area contributed by atoms with Crippen molar-refractivity contribution in [2.75, 3.05) is 31.1 Å². The summed E-state index contributed by atoms with van der Waals surface area (Å²) in [5.41, 5.74) is 1.39. The maximum Gasteiger partial charge on any atom is 0.254 e. The van der Waals surface area contributed by atoms with Crippen molar-refractivity contribution in [3.8, 4) is 10.6 Å². The van der Waals surface area contributed by atoms with Gasteiger partial charge in [-0.15, -0.1) is 21.5 Å². The second-order valence-corrected chi connectivity index (χ2v) is 8.01. The molecule has 4 rings (SSSR count). The molecule has 3 heterocycles. The second-order valence-electron chi connectivity index (χ2n) is 6.19. The first-order valence-electron chi connectivity index (χ1n) is 8.48. The monoisotopic (exact) mass is 418 g/mol. The van der Waals surface area contributed by atoms with E-state index in [4.69, 9.17) is 23.2 Å². The van der Waals surface area contributed by atoms with Crippen molar-refractivity contribution < 1.29 is 4.79 Å². The van der Waals surface area contributed by atoms with Crippen LogP contribution in [0.4, 0.5) is 5.82 Å². The minimum atomic E-state index is -0.0572. The summed E-state index contributed by atoms with van der Waals surface area (Å²) in [7, 11) is 0. The summed E-state index contributed by atoms with van der Waals surface area (Å²) in [6.07, 6.45) is 0. The van der Waals surface area contributed by atoms with Crippen molar-refractivity contribution in [2.24, 2.45) is 0 Å². The van der Waals surface area contributed by atoms with Gasteiger partial charge in [-0.3, -0.25) is 4.79 Å². The van der Waals surface area contributed by atoms with Crippen LogP contribution in [-0.4, -0.2) is 47.2 Å². The molecule has 0 unspecified atom stereocenters. The summed E-state index contributed by atoms with van der Waals surface area (Å²) in [5.74, 6) is 0.770. The number of hydrogen-bond acceptors (Lipinski definition) is 5. The molecule has 1 aliphatic rings. The van der Waals surface area contributed by atoms with Crippen LogP contribution >= 0.6 is 34.5 Å². The number of thiophene rings is 1. The van der Waals surface area contributed by atoms with Gasteiger partial charge in [0.1, 0.15) is 5.69 Å². The molecule has 8 heteroatoms. The fraction of sp³-hybridized carbons (Fsp3) is 0.211. The molecule has 0 aliphatic carbocycles. The van der Waals surface area contributed by atoms with Crippen LogP contribution in [0.3, 0.4) is 0 Å². The zero-order valence-electron chi connectivity index (χ0n) is 14.3. The van der Waals surface area contributed by atoms with E-state index in [9.17, 15) is 4.79 Å². The molecule has 27 heavy (non-hydrogen) atoms. The van der Waals surface area contributed by atoms with Gasteiger partial charge in [0.05, 0.1) is 4.88 Å². The standard InChI is InChI=1S/C19H16Cl2N4OS/c20-14-10-13(11-15(21)12-14)19(26)25-7-5-24(6-8-25)18-4-3-16(22-23-18)17-2-1-9-27-17/h1-4,9-12H,5-8H2. The molecule has 0 bridgehead atoms. The number of halogens is 2. The number of carbonyl (C=O) groups is 1. The normalized spacial score (nSPS) is 14.4. The topological polar surface area (TPSA) is 49.3 Å². The highest BCUT2D eigenvalue weighted by atomic mass is 35.5. The Hall–Kier alpha value is -2.15. The van der Waals surface area contributed by atoms with Gasteiger partial charge in [0.15, 0.2) is 5.82 Å². The van der Waals surface area contributed by atoms with Crippen molar-refractivity contribution in [3.63, 3.8) is 0 Å². The van der Waals surface area contributed by atoms with E-state index < -0.39 is 0 Å².